The summed E-state index contributed by atoms with van der Waals surface area (Å²) in [6, 6.07) is 1.79. The Hall–Kier alpha value is -2.08. The molecule has 0 amide bonds. The van der Waals surface area contributed by atoms with Gasteiger partial charge < -0.3 is 10.1 Å². The molecule has 1 atom stereocenters. The van der Waals surface area contributed by atoms with Crippen molar-refractivity contribution in [3.63, 3.8) is 0 Å². The summed E-state index contributed by atoms with van der Waals surface area (Å²) in [5, 5.41) is 11.0. The van der Waals surface area contributed by atoms with E-state index in [9.17, 15) is 0 Å². The van der Waals surface area contributed by atoms with E-state index in [1.807, 2.05) is 13.0 Å². The standard InChI is InChI=1S/C12H15N5O/c1-3-13-10(9-4-5-16-17-8-9)11-12(18-2)15-7-6-14-11/h4-8,10,13H,3H2,1-2H3. The number of hydrogen-bond acceptors (Lipinski definition) is 6. The molecule has 6 heteroatoms. The van der Waals surface area contributed by atoms with E-state index < -0.39 is 0 Å². The fraction of sp³-hybridized carbons (Fsp3) is 0.333. The van der Waals surface area contributed by atoms with Gasteiger partial charge in [-0.2, -0.15) is 10.2 Å². The van der Waals surface area contributed by atoms with E-state index in [-0.39, 0.29) is 6.04 Å². The minimum absolute atomic E-state index is 0.103. The Kier molecular flexibility index (Phi) is 4.14. The van der Waals surface area contributed by atoms with Gasteiger partial charge in [-0.3, -0.25) is 4.98 Å². The molecule has 0 aliphatic carbocycles. The highest BCUT2D eigenvalue weighted by molar-refractivity contribution is 5.30. The van der Waals surface area contributed by atoms with Crippen LogP contribution in [0.25, 0.3) is 0 Å². The molecule has 0 aromatic carbocycles. The molecule has 0 spiro atoms. The van der Waals surface area contributed by atoms with Gasteiger partial charge in [0.1, 0.15) is 5.69 Å². The predicted octanol–water partition coefficient (Wildman–Crippen LogP) is 0.974. The topological polar surface area (TPSA) is 72.8 Å². The summed E-state index contributed by atoms with van der Waals surface area (Å²) >= 11 is 0. The Morgan fingerprint density at radius 3 is 2.72 bits per heavy atom. The van der Waals surface area contributed by atoms with Crippen LogP contribution in [0.1, 0.15) is 24.2 Å². The summed E-state index contributed by atoms with van der Waals surface area (Å²) < 4.78 is 5.24. The lowest BCUT2D eigenvalue weighted by atomic mass is 10.1. The molecular weight excluding hydrogens is 230 g/mol. The van der Waals surface area contributed by atoms with E-state index in [0.717, 1.165) is 17.8 Å². The molecule has 18 heavy (non-hydrogen) atoms. The molecule has 2 aromatic heterocycles. The van der Waals surface area contributed by atoms with Crippen LogP contribution in [0, 0.1) is 0 Å². The van der Waals surface area contributed by atoms with Crippen molar-refractivity contribution in [1.82, 2.24) is 25.5 Å². The predicted molar refractivity (Wildman–Crippen MR) is 66.1 cm³/mol. The van der Waals surface area contributed by atoms with Gasteiger partial charge in [0.15, 0.2) is 0 Å². The minimum atomic E-state index is -0.103. The Labute approximate surface area is 105 Å². The number of nitrogens with one attached hydrogen (secondary N) is 1. The van der Waals surface area contributed by atoms with Gasteiger partial charge in [-0.25, -0.2) is 4.98 Å². The summed E-state index contributed by atoms with van der Waals surface area (Å²) in [5.41, 5.74) is 1.72. The summed E-state index contributed by atoms with van der Waals surface area (Å²) in [6.45, 7) is 2.83. The van der Waals surface area contributed by atoms with Crippen LogP contribution in [0.15, 0.2) is 30.9 Å². The molecule has 0 aliphatic heterocycles. The first kappa shape index (κ1) is 12.4. The molecule has 2 rings (SSSR count). The number of rotatable bonds is 5. The molecule has 0 bridgehead atoms. The van der Waals surface area contributed by atoms with Crippen LogP contribution in [0.5, 0.6) is 5.88 Å². The maximum Gasteiger partial charge on any atom is 0.237 e. The number of hydrogen-bond donors (Lipinski definition) is 1. The molecule has 2 aromatic rings. The van der Waals surface area contributed by atoms with E-state index in [1.165, 1.54) is 0 Å². The van der Waals surface area contributed by atoms with Crippen molar-refractivity contribution in [1.29, 1.82) is 0 Å². The van der Waals surface area contributed by atoms with Crippen LogP contribution in [0.4, 0.5) is 0 Å². The molecule has 94 valence electrons. The molecule has 0 radical (unpaired) electrons. The van der Waals surface area contributed by atoms with Crippen LogP contribution in [-0.2, 0) is 0 Å². The third-order valence-electron chi connectivity index (χ3n) is 2.51. The summed E-state index contributed by atoms with van der Waals surface area (Å²) in [5.74, 6) is 0.514. The Morgan fingerprint density at radius 2 is 2.06 bits per heavy atom. The lowest BCUT2D eigenvalue weighted by molar-refractivity contribution is 0.383. The van der Waals surface area contributed by atoms with Crippen molar-refractivity contribution in [3.8, 4) is 5.88 Å². The van der Waals surface area contributed by atoms with Crippen LogP contribution in [-0.4, -0.2) is 33.8 Å². The highest BCUT2D eigenvalue weighted by Gasteiger charge is 2.19. The monoisotopic (exact) mass is 245 g/mol. The maximum absolute atomic E-state index is 5.24. The molecule has 0 saturated carbocycles. The van der Waals surface area contributed by atoms with Crippen LogP contribution >= 0.6 is 0 Å². The molecule has 0 aliphatic rings. The van der Waals surface area contributed by atoms with Crippen molar-refractivity contribution in [2.75, 3.05) is 13.7 Å². The van der Waals surface area contributed by atoms with Gasteiger partial charge in [0.05, 0.1) is 19.3 Å². The minimum Gasteiger partial charge on any atom is -0.480 e. The summed E-state index contributed by atoms with van der Waals surface area (Å²) in [4.78, 5) is 8.51. The molecule has 0 saturated heterocycles. The molecule has 1 N–H and O–H groups in total. The fourth-order valence-electron chi connectivity index (χ4n) is 1.74. The number of nitrogens with zero attached hydrogens (tertiary/aromatic N) is 4. The third-order valence-corrected chi connectivity index (χ3v) is 2.51. The van der Waals surface area contributed by atoms with Gasteiger partial charge in [-0.15, -0.1) is 0 Å². The van der Waals surface area contributed by atoms with Crippen LogP contribution in [0.2, 0.25) is 0 Å². The normalized spacial score (nSPS) is 12.1. The fourth-order valence-corrected chi connectivity index (χ4v) is 1.74. The van der Waals surface area contributed by atoms with Crippen molar-refractivity contribution in [2.24, 2.45) is 0 Å². The van der Waals surface area contributed by atoms with E-state index in [1.54, 1.807) is 31.9 Å². The van der Waals surface area contributed by atoms with Gasteiger partial charge in [0, 0.05) is 18.6 Å². The second-order valence-electron chi connectivity index (χ2n) is 3.62. The second-order valence-corrected chi connectivity index (χ2v) is 3.62. The largest absolute Gasteiger partial charge is 0.480 e. The van der Waals surface area contributed by atoms with Gasteiger partial charge in [0.25, 0.3) is 0 Å². The van der Waals surface area contributed by atoms with Crippen molar-refractivity contribution < 1.29 is 4.74 Å². The molecule has 2 heterocycles. The highest BCUT2D eigenvalue weighted by atomic mass is 16.5. The van der Waals surface area contributed by atoms with Crippen molar-refractivity contribution in [3.05, 3.63) is 42.1 Å². The lowest BCUT2D eigenvalue weighted by Crippen LogP contribution is -2.24. The smallest absolute Gasteiger partial charge is 0.237 e. The first-order valence-corrected chi connectivity index (χ1v) is 5.71. The highest BCUT2D eigenvalue weighted by Crippen LogP contribution is 2.25. The SMILES string of the molecule is CCNC(c1ccnnc1)c1nccnc1OC. The zero-order valence-corrected chi connectivity index (χ0v) is 10.4. The van der Waals surface area contributed by atoms with Crippen LogP contribution in [0.3, 0.4) is 0 Å². The van der Waals surface area contributed by atoms with Crippen LogP contribution < -0.4 is 10.1 Å². The second kappa shape index (κ2) is 6.02. The Morgan fingerprint density at radius 1 is 1.22 bits per heavy atom. The van der Waals surface area contributed by atoms with E-state index >= 15 is 0 Å². The first-order chi connectivity index (χ1) is 8.86. The first-order valence-electron chi connectivity index (χ1n) is 5.71. The lowest BCUT2D eigenvalue weighted by Gasteiger charge is -2.18. The van der Waals surface area contributed by atoms with Gasteiger partial charge in [-0.05, 0) is 18.2 Å². The zero-order chi connectivity index (χ0) is 12.8. The summed E-state index contributed by atoms with van der Waals surface area (Å²) in [7, 11) is 1.58. The van der Waals surface area contributed by atoms with Crippen molar-refractivity contribution >= 4 is 0 Å². The quantitative estimate of drug-likeness (QED) is 0.846. The number of ether oxygens (including phenoxy) is 1. The summed E-state index contributed by atoms with van der Waals surface area (Å²) in [6.07, 6.45) is 6.62. The molecular formula is C12H15N5O. The maximum atomic E-state index is 5.24. The van der Waals surface area contributed by atoms with Gasteiger partial charge >= 0.3 is 0 Å². The Balaban J connectivity index is 2.41. The average Bonchev–Trinajstić information content (AvgIpc) is 2.46. The van der Waals surface area contributed by atoms with E-state index in [2.05, 4.69) is 25.5 Å². The molecule has 6 nitrogen and oxygen atoms in total. The van der Waals surface area contributed by atoms with Gasteiger partial charge in [-0.1, -0.05) is 6.92 Å². The Bertz CT molecular complexity index is 491. The van der Waals surface area contributed by atoms with Gasteiger partial charge in [0.2, 0.25) is 5.88 Å². The average molecular weight is 245 g/mol. The number of aromatic nitrogens is 4. The third kappa shape index (κ3) is 2.60. The zero-order valence-electron chi connectivity index (χ0n) is 10.4. The van der Waals surface area contributed by atoms with E-state index in [4.69, 9.17) is 4.74 Å². The van der Waals surface area contributed by atoms with Crippen molar-refractivity contribution in [2.45, 2.75) is 13.0 Å². The molecule has 1 unspecified atom stereocenters. The number of methoxy groups -OCH3 is 1. The van der Waals surface area contributed by atoms with E-state index in [0.29, 0.717) is 5.88 Å². The molecule has 0 fully saturated rings.